The maximum Gasteiger partial charge on any atom is 0.224 e. The van der Waals surface area contributed by atoms with Gasteiger partial charge in [0.25, 0.3) is 0 Å². The van der Waals surface area contributed by atoms with Gasteiger partial charge < -0.3 is 15.6 Å². The molecule has 2 aliphatic rings. The molecular weight excluding hydrogens is 390 g/mol. The van der Waals surface area contributed by atoms with Crippen molar-refractivity contribution in [2.24, 2.45) is 11.8 Å². The number of nitrogens with zero attached hydrogens (tertiary/aromatic N) is 2. The first-order valence-electron chi connectivity index (χ1n) is 11.0. The Bertz CT molecular complexity index is 1050. The largest absolute Gasteiger partial charge is 0.342 e. The Kier molecular flexibility index (Phi) is 5.43. The third kappa shape index (κ3) is 4.19. The summed E-state index contributed by atoms with van der Waals surface area (Å²) in [5, 5.41) is 7.75. The molecule has 2 aliphatic heterocycles. The van der Waals surface area contributed by atoms with Crippen LogP contribution in [0.15, 0.2) is 42.9 Å². The number of anilines is 1. The molecule has 5 rings (SSSR count). The first kappa shape index (κ1) is 20.1. The SMILES string of the molecule is CC(C)CC(=O)Nc1cncc(C2CC3C(CN2)NNC3c2cc3cccnc3[nH]2)c1. The number of piperidine rings is 1. The van der Waals surface area contributed by atoms with E-state index < -0.39 is 0 Å². The van der Waals surface area contributed by atoms with Crippen molar-refractivity contribution in [1.82, 2.24) is 31.1 Å². The lowest BCUT2D eigenvalue weighted by atomic mass is 9.81. The van der Waals surface area contributed by atoms with Crippen LogP contribution in [0, 0.1) is 11.8 Å². The summed E-state index contributed by atoms with van der Waals surface area (Å²) in [6.45, 7) is 4.95. The monoisotopic (exact) mass is 419 g/mol. The van der Waals surface area contributed by atoms with Gasteiger partial charge in [0.2, 0.25) is 5.91 Å². The lowest BCUT2D eigenvalue weighted by Crippen LogP contribution is -2.46. The molecule has 3 aromatic rings. The average molecular weight is 420 g/mol. The molecule has 2 fully saturated rings. The van der Waals surface area contributed by atoms with E-state index in [1.54, 1.807) is 6.20 Å². The van der Waals surface area contributed by atoms with Crippen LogP contribution in [0.25, 0.3) is 11.0 Å². The summed E-state index contributed by atoms with van der Waals surface area (Å²) < 4.78 is 0. The number of H-pyrrole nitrogens is 1. The Morgan fingerprint density at radius 2 is 2.16 bits per heavy atom. The second kappa shape index (κ2) is 8.37. The van der Waals surface area contributed by atoms with E-state index in [1.165, 1.54) is 0 Å². The highest BCUT2D eigenvalue weighted by Crippen LogP contribution is 2.38. The van der Waals surface area contributed by atoms with E-state index in [0.29, 0.717) is 24.3 Å². The standard InChI is InChI=1S/C23H29N7O/c1-13(2)6-21(31)27-16-7-15(10-24-11-16)18-9-17-20(12-26-18)29-30-22(17)19-8-14-4-3-5-25-23(14)28-19/h3-5,7-8,10-11,13,17-18,20,22,26,29-30H,6,9,12H2,1-2H3,(H,25,28)(H,27,31). The molecule has 1 amide bonds. The smallest absolute Gasteiger partial charge is 0.224 e. The van der Waals surface area contributed by atoms with Crippen molar-refractivity contribution in [3.8, 4) is 0 Å². The average Bonchev–Trinajstić information content (AvgIpc) is 3.36. The highest BCUT2D eigenvalue weighted by atomic mass is 16.1. The highest BCUT2D eigenvalue weighted by molar-refractivity contribution is 5.90. The van der Waals surface area contributed by atoms with Gasteiger partial charge in [-0.3, -0.25) is 15.2 Å². The molecule has 4 unspecified atom stereocenters. The number of pyridine rings is 2. The number of hydrogen-bond acceptors (Lipinski definition) is 6. The van der Waals surface area contributed by atoms with E-state index in [1.807, 2.05) is 38.4 Å². The van der Waals surface area contributed by atoms with Gasteiger partial charge in [0.15, 0.2) is 0 Å². The van der Waals surface area contributed by atoms with Crippen molar-refractivity contribution in [3.63, 3.8) is 0 Å². The van der Waals surface area contributed by atoms with Crippen LogP contribution < -0.4 is 21.5 Å². The topological polar surface area (TPSA) is 107 Å². The van der Waals surface area contributed by atoms with Gasteiger partial charge in [-0.05, 0) is 42.2 Å². The number of rotatable bonds is 5. The summed E-state index contributed by atoms with van der Waals surface area (Å²) in [6, 6.07) is 8.99. The summed E-state index contributed by atoms with van der Waals surface area (Å²) in [5.74, 6) is 0.771. The fourth-order valence-corrected chi connectivity index (χ4v) is 4.78. The quantitative estimate of drug-likeness (QED) is 0.435. The van der Waals surface area contributed by atoms with Crippen LogP contribution in [0.1, 0.15) is 50.0 Å². The minimum Gasteiger partial charge on any atom is -0.342 e. The highest BCUT2D eigenvalue weighted by Gasteiger charge is 2.42. The molecule has 0 spiro atoms. The number of nitrogens with one attached hydrogen (secondary N) is 5. The number of fused-ring (bicyclic) bond motifs is 2. The van der Waals surface area contributed by atoms with Crippen LogP contribution in [0.3, 0.4) is 0 Å². The molecule has 31 heavy (non-hydrogen) atoms. The summed E-state index contributed by atoms with van der Waals surface area (Å²) in [6.07, 6.45) is 6.89. The van der Waals surface area contributed by atoms with Gasteiger partial charge in [-0.2, -0.15) is 0 Å². The Morgan fingerprint density at radius 3 is 3.00 bits per heavy atom. The number of aromatic nitrogens is 3. The van der Waals surface area contributed by atoms with E-state index in [4.69, 9.17) is 0 Å². The molecule has 5 heterocycles. The maximum absolute atomic E-state index is 12.2. The Morgan fingerprint density at radius 1 is 1.26 bits per heavy atom. The molecule has 5 N–H and O–H groups in total. The van der Waals surface area contributed by atoms with E-state index in [-0.39, 0.29) is 18.0 Å². The third-order valence-electron chi connectivity index (χ3n) is 6.25. The van der Waals surface area contributed by atoms with Gasteiger partial charge in [0, 0.05) is 54.4 Å². The summed E-state index contributed by atoms with van der Waals surface area (Å²) in [5.41, 5.74) is 10.9. The molecule has 0 aliphatic carbocycles. The van der Waals surface area contributed by atoms with Crippen molar-refractivity contribution in [3.05, 3.63) is 54.1 Å². The first-order chi connectivity index (χ1) is 15.1. The Balaban J connectivity index is 1.32. The van der Waals surface area contributed by atoms with Gasteiger partial charge >= 0.3 is 0 Å². The molecule has 0 saturated carbocycles. The molecule has 162 valence electrons. The Labute approximate surface area is 181 Å². The maximum atomic E-state index is 12.2. The zero-order valence-electron chi connectivity index (χ0n) is 17.9. The summed E-state index contributed by atoms with van der Waals surface area (Å²) in [7, 11) is 0. The number of hydrogen-bond donors (Lipinski definition) is 5. The number of hydrazine groups is 1. The molecule has 0 bridgehead atoms. The van der Waals surface area contributed by atoms with E-state index in [2.05, 4.69) is 48.6 Å². The molecule has 0 aromatic carbocycles. The van der Waals surface area contributed by atoms with Crippen LogP contribution in [0.2, 0.25) is 0 Å². The molecule has 4 atom stereocenters. The second-order valence-electron chi connectivity index (χ2n) is 9.05. The van der Waals surface area contributed by atoms with Crippen LogP contribution in [0.4, 0.5) is 5.69 Å². The summed E-state index contributed by atoms with van der Waals surface area (Å²) >= 11 is 0. The zero-order valence-corrected chi connectivity index (χ0v) is 17.9. The van der Waals surface area contributed by atoms with E-state index in [9.17, 15) is 4.79 Å². The predicted octanol–water partition coefficient (Wildman–Crippen LogP) is 2.81. The van der Waals surface area contributed by atoms with Crippen molar-refractivity contribution in [1.29, 1.82) is 0 Å². The second-order valence-corrected chi connectivity index (χ2v) is 9.05. The fraction of sp³-hybridized carbons (Fsp3) is 0.435. The molecule has 2 saturated heterocycles. The molecule has 8 nitrogen and oxygen atoms in total. The molecule has 3 aromatic heterocycles. The van der Waals surface area contributed by atoms with Crippen LogP contribution in [-0.4, -0.2) is 33.4 Å². The van der Waals surface area contributed by atoms with E-state index in [0.717, 1.165) is 40.9 Å². The molecule has 8 heteroatoms. The molecule has 0 radical (unpaired) electrons. The fourth-order valence-electron chi connectivity index (χ4n) is 4.78. The minimum absolute atomic E-state index is 0.0299. The Hall–Kier alpha value is -2.81. The number of amides is 1. The van der Waals surface area contributed by atoms with Crippen LogP contribution >= 0.6 is 0 Å². The van der Waals surface area contributed by atoms with Gasteiger partial charge in [-0.25, -0.2) is 10.4 Å². The molecular formula is C23H29N7O. The van der Waals surface area contributed by atoms with Crippen LogP contribution in [-0.2, 0) is 4.79 Å². The minimum atomic E-state index is 0.0299. The van der Waals surface area contributed by atoms with Crippen LogP contribution in [0.5, 0.6) is 0 Å². The van der Waals surface area contributed by atoms with Gasteiger partial charge in [-0.15, -0.1) is 0 Å². The van der Waals surface area contributed by atoms with Gasteiger partial charge in [-0.1, -0.05) is 13.8 Å². The van der Waals surface area contributed by atoms with Crippen molar-refractivity contribution in [2.45, 2.75) is 44.8 Å². The predicted molar refractivity (Wildman–Crippen MR) is 120 cm³/mol. The third-order valence-corrected chi connectivity index (χ3v) is 6.25. The van der Waals surface area contributed by atoms with E-state index >= 15 is 0 Å². The van der Waals surface area contributed by atoms with Gasteiger partial charge in [0.05, 0.1) is 17.9 Å². The first-order valence-corrected chi connectivity index (χ1v) is 11.0. The lowest BCUT2D eigenvalue weighted by molar-refractivity contribution is -0.116. The van der Waals surface area contributed by atoms with Gasteiger partial charge in [0.1, 0.15) is 5.65 Å². The number of carbonyl (C=O) groups is 1. The van der Waals surface area contributed by atoms with Crippen molar-refractivity contribution in [2.75, 3.05) is 11.9 Å². The summed E-state index contributed by atoms with van der Waals surface area (Å²) in [4.78, 5) is 24.4. The van der Waals surface area contributed by atoms with Crippen molar-refractivity contribution >= 4 is 22.6 Å². The zero-order chi connectivity index (χ0) is 21.4. The number of carbonyl (C=O) groups excluding carboxylic acids is 1. The van der Waals surface area contributed by atoms with Crippen molar-refractivity contribution < 1.29 is 4.79 Å². The normalized spacial score (nSPS) is 25.6. The lowest BCUT2D eigenvalue weighted by Gasteiger charge is -2.34. The number of aromatic amines is 1.